The van der Waals surface area contributed by atoms with Crippen LogP contribution >= 0.6 is 11.3 Å². The SMILES string of the molecule is CNC(=O)C(C)=C(C)c1cc2ccccc2s1. The molecule has 0 aliphatic carbocycles. The van der Waals surface area contributed by atoms with Crippen LogP contribution in [-0.4, -0.2) is 13.0 Å². The van der Waals surface area contributed by atoms with Gasteiger partial charge in [0.05, 0.1) is 0 Å². The lowest BCUT2D eigenvalue weighted by atomic mass is 10.1. The van der Waals surface area contributed by atoms with E-state index in [9.17, 15) is 4.79 Å². The zero-order valence-corrected chi connectivity index (χ0v) is 11.0. The number of amides is 1. The number of carbonyl (C=O) groups is 1. The highest BCUT2D eigenvalue weighted by Gasteiger charge is 2.09. The Balaban J connectivity index is 2.50. The highest BCUT2D eigenvalue weighted by molar-refractivity contribution is 7.20. The quantitative estimate of drug-likeness (QED) is 0.807. The van der Waals surface area contributed by atoms with Crippen LogP contribution in [0.3, 0.4) is 0 Å². The highest BCUT2D eigenvalue weighted by Crippen LogP contribution is 2.31. The Kier molecular flexibility index (Phi) is 3.29. The first-order chi connectivity index (χ1) is 8.13. The van der Waals surface area contributed by atoms with Crippen molar-refractivity contribution >= 4 is 32.9 Å². The van der Waals surface area contributed by atoms with Crippen molar-refractivity contribution in [2.45, 2.75) is 13.8 Å². The number of rotatable bonds is 2. The third-order valence-corrected chi connectivity index (χ3v) is 4.16. The fourth-order valence-corrected chi connectivity index (χ4v) is 2.83. The average molecular weight is 245 g/mol. The summed E-state index contributed by atoms with van der Waals surface area (Å²) in [5.74, 6) is -0.0139. The van der Waals surface area contributed by atoms with E-state index in [1.54, 1.807) is 18.4 Å². The molecule has 1 aromatic heterocycles. The smallest absolute Gasteiger partial charge is 0.246 e. The lowest BCUT2D eigenvalue weighted by Gasteiger charge is -2.03. The molecular weight excluding hydrogens is 230 g/mol. The molecule has 2 aromatic rings. The van der Waals surface area contributed by atoms with Crippen LogP contribution in [-0.2, 0) is 4.79 Å². The van der Waals surface area contributed by atoms with E-state index in [2.05, 4.69) is 23.5 Å². The number of carbonyl (C=O) groups excluding carboxylic acids is 1. The van der Waals surface area contributed by atoms with Crippen LogP contribution < -0.4 is 5.32 Å². The van der Waals surface area contributed by atoms with Crippen molar-refractivity contribution in [1.82, 2.24) is 5.32 Å². The van der Waals surface area contributed by atoms with E-state index < -0.39 is 0 Å². The van der Waals surface area contributed by atoms with Crippen LogP contribution in [0.15, 0.2) is 35.9 Å². The summed E-state index contributed by atoms with van der Waals surface area (Å²) >= 11 is 1.72. The van der Waals surface area contributed by atoms with Crippen molar-refractivity contribution in [3.8, 4) is 0 Å². The largest absolute Gasteiger partial charge is 0.355 e. The number of allylic oxidation sites excluding steroid dienone is 1. The van der Waals surface area contributed by atoms with Crippen LogP contribution in [0, 0.1) is 0 Å². The molecule has 3 heteroatoms. The van der Waals surface area contributed by atoms with Gasteiger partial charge in [-0.05, 0) is 36.9 Å². The number of hydrogen-bond acceptors (Lipinski definition) is 2. The number of fused-ring (bicyclic) bond motifs is 1. The number of thiophene rings is 1. The van der Waals surface area contributed by atoms with Gasteiger partial charge in [0.15, 0.2) is 0 Å². The molecule has 0 saturated carbocycles. The Morgan fingerprint density at radius 2 is 1.94 bits per heavy atom. The molecule has 1 aromatic carbocycles. The summed E-state index contributed by atoms with van der Waals surface area (Å²) in [6, 6.07) is 10.4. The molecule has 88 valence electrons. The van der Waals surface area contributed by atoms with Gasteiger partial charge in [-0.25, -0.2) is 0 Å². The summed E-state index contributed by atoms with van der Waals surface area (Å²) in [6.45, 7) is 3.86. The third-order valence-electron chi connectivity index (χ3n) is 2.93. The molecule has 0 spiro atoms. The van der Waals surface area contributed by atoms with E-state index in [1.807, 2.05) is 26.0 Å². The van der Waals surface area contributed by atoms with Crippen LogP contribution in [0.2, 0.25) is 0 Å². The van der Waals surface area contributed by atoms with Crippen molar-refractivity contribution in [2.24, 2.45) is 0 Å². The standard InChI is InChI=1S/C14H15NOS/c1-9(10(2)14(16)15-3)13-8-11-6-4-5-7-12(11)17-13/h4-8H,1-3H3,(H,15,16). The summed E-state index contributed by atoms with van der Waals surface area (Å²) in [4.78, 5) is 12.7. The lowest BCUT2D eigenvalue weighted by molar-refractivity contribution is -0.116. The highest BCUT2D eigenvalue weighted by atomic mass is 32.1. The Labute approximate surface area is 105 Å². The minimum atomic E-state index is -0.0139. The van der Waals surface area contributed by atoms with Gasteiger partial charge in [0, 0.05) is 22.2 Å². The van der Waals surface area contributed by atoms with Gasteiger partial charge >= 0.3 is 0 Å². The monoisotopic (exact) mass is 245 g/mol. The van der Waals surface area contributed by atoms with Gasteiger partial charge in [-0.15, -0.1) is 11.3 Å². The maximum Gasteiger partial charge on any atom is 0.246 e. The maximum atomic E-state index is 11.6. The summed E-state index contributed by atoms with van der Waals surface area (Å²) in [5, 5.41) is 3.89. The maximum absolute atomic E-state index is 11.6. The van der Waals surface area contributed by atoms with Crippen molar-refractivity contribution in [1.29, 1.82) is 0 Å². The first-order valence-electron chi connectivity index (χ1n) is 5.52. The Hall–Kier alpha value is -1.61. The molecule has 0 atom stereocenters. The Morgan fingerprint density at radius 3 is 2.59 bits per heavy atom. The second-order valence-corrected chi connectivity index (χ2v) is 5.06. The second kappa shape index (κ2) is 4.72. The summed E-state index contributed by atoms with van der Waals surface area (Å²) in [6.07, 6.45) is 0. The molecule has 0 aliphatic rings. The van der Waals surface area contributed by atoms with Crippen LogP contribution in [0.5, 0.6) is 0 Å². The Bertz CT molecular complexity index is 562. The zero-order chi connectivity index (χ0) is 12.4. The van der Waals surface area contributed by atoms with Crippen molar-refractivity contribution in [3.05, 3.63) is 40.8 Å². The predicted molar refractivity (Wildman–Crippen MR) is 74.2 cm³/mol. The molecule has 17 heavy (non-hydrogen) atoms. The first kappa shape index (κ1) is 11.9. The fraction of sp³-hybridized carbons (Fsp3) is 0.214. The molecule has 0 bridgehead atoms. The topological polar surface area (TPSA) is 29.1 Å². The zero-order valence-electron chi connectivity index (χ0n) is 10.2. The minimum absolute atomic E-state index is 0.0139. The van der Waals surface area contributed by atoms with E-state index in [4.69, 9.17) is 0 Å². The number of benzene rings is 1. The van der Waals surface area contributed by atoms with Crippen LogP contribution in [0.4, 0.5) is 0 Å². The van der Waals surface area contributed by atoms with E-state index in [-0.39, 0.29) is 5.91 Å². The van der Waals surface area contributed by atoms with Gasteiger partial charge < -0.3 is 5.32 Å². The molecule has 0 saturated heterocycles. The van der Waals surface area contributed by atoms with E-state index in [1.165, 1.54) is 10.1 Å². The second-order valence-electron chi connectivity index (χ2n) is 3.98. The van der Waals surface area contributed by atoms with Crippen LogP contribution in [0.1, 0.15) is 18.7 Å². The summed E-state index contributed by atoms with van der Waals surface area (Å²) in [7, 11) is 1.66. The summed E-state index contributed by atoms with van der Waals surface area (Å²) < 4.78 is 1.26. The van der Waals surface area contributed by atoms with Crippen molar-refractivity contribution in [3.63, 3.8) is 0 Å². The van der Waals surface area contributed by atoms with Gasteiger partial charge in [-0.3, -0.25) is 4.79 Å². The van der Waals surface area contributed by atoms with Crippen molar-refractivity contribution < 1.29 is 4.79 Å². The fourth-order valence-electron chi connectivity index (χ4n) is 1.71. The lowest BCUT2D eigenvalue weighted by Crippen LogP contribution is -2.19. The van der Waals surface area contributed by atoms with E-state index >= 15 is 0 Å². The Morgan fingerprint density at radius 1 is 1.24 bits per heavy atom. The van der Waals surface area contributed by atoms with E-state index in [0.29, 0.717) is 0 Å². The third kappa shape index (κ3) is 2.24. The molecule has 0 fully saturated rings. The molecule has 0 radical (unpaired) electrons. The normalized spacial score (nSPS) is 12.4. The number of nitrogens with one attached hydrogen (secondary N) is 1. The predicted octanol–water partition coefficient (Wildman–Crippen LogP) is 3.44. The van der Waals surface area contributed by atoms with E-state index in [0.717, 1.165) is 16.0 Å². The molecule has 1 N–H and O–H groups in total. The van der Waals surface area contributed by atoms with Gasteiger partial charge in [-0.2, -0.15) is 0 Å². The van der Waals surface area contributed by atoms with Crippen LogP contribution in [0.25, 0.3) is 15.7 Å². The molecule has 1 heterocycles. The van der Waals surface area contributed by atoms with Gasteiger partial charge in [0.25, 0.3) is 0 Å². The van der Waals surface area contributed by atoms with Gasteiger partial charge in [-0.1, -0.05) is 18.2 Å². The number of hydrogen-bond donors (Lipinski definition) is 1. The van der Waals surface area contributed by atoms with Crippen molar-refractivity contribution in [2.75, 3.05) is 7.05 Å². The minimum Gasteiger partial charge on any atom is -0.355 e. The number of likely N-dealkylation sites (N-methyl/N-ethyl adjacent to an activating group) is 1. The molecule has 0 aliphatic heterocycles. The molecule has 0 unspecified atom stereocenters. The molecule has 1 amide bonds. The van der Waals surface area contributed by atoms with Gasteiger partial charge in [0.1, 0.15) is 0 Å². The molecule has 2 nitrogen and oxygen atoms in total. The summed E-state index contributed by atoms with van der Waals surface area (Å²) in [5.41, 5.74) is 1.82. The molecule has 2 rings (SSSR count). The molecular formula is C14H15NOS. The van der Waals surface area contributed by atoms with Gasteiger partial charge in [0.2, 0.25) is 5.91 Å². The first-order valence-corrected chi connectivity index (χ1v) is 6.33. The average Bonchev–Trinajstić information content (AvgIpc) is 2.79.